The van der Waals surface area contributed by atoms with Crippen LogP contribution in [0.3, 0.4) is 0 Å². The van der Waals surface area contributed by atoms with Crippen molar-refractivity contribution in [3.63, 3.8) is 0 Å². The maximum absolute atomic E-state index is 13.0. The molecule has 0 saturated carbocycles. The molecular formula is C17H26N2O2. The summed E-state index contributed by atoms with van der Waals surface area (Å²) in [5, 5.41) is 0. The minimum atomic E-state index is -0.261. The molecule has 0 spiro atoms. The number of nitrogens with zero attached hydrogens (tertiary/aromatic N) is 2. The van der Waals surface area contributed by atoms with Crippen molar-refractivity contribution < 1.29 is 9.59 Å². The van der Waals surface area contributed by atoms with E-state index in [1.807, 2.05) is 9.80 Å². The van der Waals surface area contributed by atoms with Gasteiger partial charge in [-0.25, -0.2) is 0 Å². The number of piperidine rings is 1. The number of rotatable bonds is 2. The molecule has 2 heterocycles. The highest BCUT2D eigenvalue weighted by Crippen LogP contribution is 2.33. The largest absolute Gasteiger partial charge is 0.329 e. The minimum Gasteiger partial charge on any atom is -0.329 e. The van der Waals surface area contributed by atoms with Crippen LogP contribution in [0.2, 0.25) is 0 Å². The first kappa shape index (κ1) is 14.6. The van der Waals surface area contributed by atoms with E-state index in [2.05, 4.69) is 26.0 Å². The predicted molar refractivity (Wildman–Crippen MR) is 81.6 cm³/mol. The van der Waals surface area contributed by atoms with Crippen LogP contribution in [-0.4, -0.2) is 46.3 Å². The molecule has 3 rings (SSSR count). The Labute approximate surface area is 127 Å². The number of hydrogen-bond acceptors (Lipinski definition) is 2. The zero-order valence-corrected chi connectivity index (χ0v) is 13.1. The summed E-state index contributed by atoms with van der Waals surface area (Å²) in [6.45, 7) is 4.88. The standard InChI is InChI=1S/C17H26N2O2/c1-12(2)15-17(21)18-11-7-6-10-14(18)16(20)19(15)13-8-4-3-5-9-13/h3-4,12-15H,5-11H2,1-2H3. The highest BCUT2D eigenvalue weighted by atomic mass is 16.2. The van der Waals surface area contributed by atoms with Gasteiger partial charge in [0, 0.05) is 12.6 Å². The molecule has 2 saturated heterocycles. The molecule has 2 aliphatic heterocycles. The summed E-state index contributed by atoms with van der Waals surface area (Å²) in [5.74, 6) is 0.562. The molecule has 3 unspecified atom stereocenters. The Morgan fingerprint density at radius 1 is 1.10 bits per heavy atom. The molecule has 116 valence electrons. The lowest BCUT2D eigenvalue weighted by Crippen LogP contribution is -2.69. The van der Waals surface area contributed by atoms with Crippen LogP contribution in [0.1, 0.15) is 52.4 Å². The third-order valence-corrected chi connectivity index (χ3v) is 5.14. The second kappa shape index (κ2) is 5.82. The summed E-state index contributed by atoms with van der Waals surface area (Å²) in [6, 6.07) is -0.238. The van der Waals surface area contributed by atoms with E-state index in [4.69, 9.17) is 0 Å². The molecule has 0 aromatic carbocycles. The first-order valence-electron chi connectivity index (χ1n) is 8.39. The van der Waals surface area contributed by atoms with Gasteiger partial charge in [-0.1, -0.05) is 26.0 Å². The second-order valence-corrected chi connectivity index (χ2v) is 6.92. The molecule has 2 amide bonds. The van der Waals surface area contributed by atoms with Gasteiger partial charge in [-0.15, -0.1) is 0 Å². The Hall–Kier alpha value is -1.32. The molecule has 0 N–H and O–H groups in total. The second-order valence-electron chi connectivity index (χ2n) is 6.92. The topological polar surface area (TPSA) is 40.6 Å². The van der Waals surface area contributed by atoms with Gasteiger partial charge in [0.15, 0.2) is 0 Å². The number of carbonyl (C=O) groups excluding carboxylic acids is 2. The maximum atomic E-state index is 13.0. The number of carbonyl (C=O) groups is 2. The van der Waals surface area contributed by atoms with E-state index in [9.17, 15) is 9.59 Å². The summed E-state index contributed by atoms with van der Waals surface area (Å²) < 4.78 is 0. The SMILES string of the molecule is CC(C)C1C(=O)N2CCCCC2C(=O)N1C1CC=CCC1. The summed E-state index contributed by atoms with van der Waals surface area (Å²) in [5.41, 5.74) is 0. The van der Waals surface area contributed by atoms with Crippen molar-refractivity contribution >= 4 is 11.8 Å². The molecule has 21 heavy (non-hydrogen) atoms. The third kappa shape index (κ3) is 2.49. The third-order valence-electron chi connectivity index (χ3n) is 5.14. The van der Waals surface area contributed by atoms with Gasteiger partial charge in [-0.2, -0.15) is 0 Å². The Kier molecular flexibility index (Phi) is 4.05. The van der Waals surface area contributed by atoms with Gasteiger partial charge in [0.25, 0.3) is 0 Å². The highest BCUT2D eigenvalue weighted by molar-refractivity contribution is 5.97. The number of hydrogen-bond donors (Lipinski definition) is 0. The zero-order valence-electron chi connectivity index (χ0n) is 13.1. The Morgan fingerprint density at radius 3 is 2.57 bits per heavy atom. The van der Waals surface area contributed by atoms with Gasteiger partial charge in [0.05, 0.1) is 0 Å². The van der Waals surface area contributed by atoms with E-state index in [1.165, 1.54) is 0 Å². The van der Waals surface area contributed by atoms with E-state index in [0.29, 0.717) is 0 Å². The first-order chi connectivity index (χ1) is 10.1. The zero-order chi connectivity index (χ0) is 15.0. The van der Waals surface area contributed by atoms with Gasteiger partial charge in [0.2, 0.25) is 11.8 Å². The van der Waals surface area contributed by atoms with Crippen LogP contribution in [0, 0.1) is 5.92 Å². The summed E-state index contributed by atoms with van der Waals surface area (Å²) in [6.07, 6.45) is 10.2. The van der Waals surface area contributed by atoms with Crippen molar-refractivity contribution in [2.24, 2.45) is 5.92 Å². The van der Waals surface area contributed by atoms with Gasteiger partial charge in [0.1, 0.15) is 12.1 Å². The van der Waals surface area contributed by atoms with Gasteiger partial charge >= 0.3 is 0 Å². The average molecular weight is 290 g/mol. The van der Waals surface area contributed by atoms with Crippen LogP contribution in [0.5, 0.6) is 0 Å². The van der Waals surface area contributed by atoms with Crippen LogP contribution in [-0.2, 0) is 9.59 Å². The molecule has 2 fully saturated rings. The molecule has 0 aromatic rings. The van der Waals surface area contributed by atoms with Crippen molar-refractivity contribution in [1.29, 1.82) is 0 Å². The molecule has 0 radical (unpaired) electrons. The van der Waals surface area contributed by atoms with Crippen LogP contribution >= 0.6 is 0 Å². The molecule has 0 aromatic heterocycles. The fraction of sp³-hybridized carbons (Fsp3) is 0.765. The van der Waals surface area contributed by atoms with Gasteiger partial charge < -0.3 is 9.80 Å². The van der Waals surface area contributed by atoms with E-state index >= 15 is 0 Å². The Bertz CT molecular complexity index is 458. The fourth-order valence-electron chi connectivity index (χ4n) is 4.09. The number of piperazine rings is 1. The first-order valence-corrected chi connectivity index (χ1v) is 8.39. The molecule has 4 heteroatoms. The van der Waals surface area contributed by atoms with E-state index in [-0.39, 0.29) is 35.9 Å². The Morgan fingerprint density at radius 2 is 1.90 bits per heavy atom. The lowest BCUT2D eigenvalue weighted by atomic mass is 9.87. The molecule has 3 atom stereocenters. The van der Waals surface area contributed by atoms with Crippen molar-refractivity contribution in [2.45, 2.75) is 70.5 Å². The summed E-state index contributed by atoms with van der Waals surface area (Å²) in [4.78, 5) is 29.8. The highest BCUT2D eigenvalue weighted by Gasteiger charge is 2.49. The lowest BCUT2D eigenvalue weighted by Gasteiger charge is -2.51. The fourth-order valence-corrected chi connectivity index (χ4v) is 4.09. The summed E-state index contributed by atoms with van der Waals surface area (Å²) in [7, 11) is 0. The smallest absolute Gasteiger partial charge is 0.246 e. The van der Waals surface area contributed by atoms with E-state index < -0.39 is 0 Å². The maximum Gasteiger partial charge on any atom is 0.246 e. The minimum absolute atomic E-state index is 0.176. The lowest BCUT2D eigenvalue weighted by molar-refractivity contribution is -0.169. The van der Waals surface area contributed by atoms with Crippen molar-refractivity contribution in [3.8, 4) is 0 Å². The van der Waals surface area contributed by atoms with Gasteiger partial charge in [-0.05, 0) is 44.4 Å². The van der Waals surface area contributed by atoms with Crippen LogP contribution in [0.4, 0.5) is 0 Å². The monoisotopic (exact) mass is 290 g/mol. The van der Waals surface area contributed by atoms with Crippen molar-refractivity contribution in [3.05, 3.63) is 12.2 Å². The number of amides is 2. The van der Waals surface area contributed by atoms with E-state index in [0.717, 1.165) is 45.1 Å². The summed E-state index contributed by atoms with van der Waals surface area (Å²) >= 11 is 0. The average Bonchev–Trinajstić information content (AvgIpc) is 2.51. The van der Waals surface area contributed by atoms with Crippen LogP contribution in [0.25, 0.3) is 0 Å². The number of allylic oxidation sites excluding steroid dienone is 1. The van der Waals surface area contributed by atoms with Crippen molar-refractivity contribution in [1.82, 2.24) is 9.80 Å². The predicted octanol–water partition coefficient (Wildman–Crippen LogP) is 2.34. The van der Waals surface area contributed by atoms with E-state index in [1.54, 1.807) is 0 Å². The van der Waals surface area contributed by atoms with Crippen LogP contribution < -0.4 is 0 Å². The Balaban J connectivity index is 1.92. The quantitative estimate of drug-likeness (QED) is 0.732. The molecule has 1 aliphatic carbocycles. The molecule has 3 aliphatic rings. The molecular weight excluding hydrogens is 264 g/mol. The molecule has 0 bridgehead atoms. The van der Waals surface area contributed by atoms with Crippen molar-refractivity contribution in [2.75, 3.05) is 6.54 Å². The molecule has 4 nitrogen and oxygen atoms in total. The van der Waals surface area contributed by atoms with Crippen LogP contribution in [0.15, 0.2) is 12.2 Å². The number of fused-ring (bicyclic) bond motifs is 1. The normalized spacial score (nSPS) is 33.6. The van der Waals surface area contributed by atoms with Gasteiger partial charge in [-0.3, -0.25) is 9.59 Å².